The molecule has 0 aromatic heterocycles. The molecule has 3 nitrogen and oxygen atoms in total. The summed E-state index contributed by atoms with van der Waals surface area (Å²) in [4.78, 5) is 21.3. The quantitative estimate of drug-likeness (QED) is 0.299. The summed E-state index contributed by atoms with van der Waals surface area (Å²) in [5, 5.41) is 0.164. The molecule has 0 bridgehead atoms. The van der Waals surface area contributed by atoms with E-state index in [-0.39, 0.29) is 11.8 Å². The fraction of sp³-hybridized carbons (Fsp3) is 0.778. The van der Waals surface area contributed by atoms with Crippen molar-refractivity contribution in [2.24, 2.45) is 5.41 Å². The summed E-state index contributed by atoms with van der Waals surface area (Å²) in [7, 11) is 0. The highest BCUT2D eigenvalue weighted by Gasteiger charge is 2.38. The molecule has 0 saturated heterocycles. The highest BCUT2D eigenvalue weighted by molar-refractivity contribution is 6.20. The number of hydrogen-bond acceptors (Lipinski definition) is 3. The van der Waals surface area contributed by atoms with Crippen molar-refractivity contribution in [1.82, 2.24) is 0 Å². The standard InChI is InChI=1S/C9H13ClO3/c1-9(8(12)13-6-11)4-2-7(10)3-5-9/h6-7H,2-5H2,1H3. The molecule has 13 heavy (non-hydrogen) atoms. The van der Waals surface area contributed by atoms with Crippen LogP contribution in [0.15, 0.2) is 0 Å². The fourth-order valence-corrected chi connectivity index (χ4v) is 1.83. The van der Waals surface area contributed by atoms with Gasteiger partial charge in [-0.25, -0.2) is 0 Å². The lowest BCUT2D eigenvalue weighted by Gasteiger charge is -2.32. The molecule has 1 aliphatic rings. The first-order chi connectivity index (χ1) is 6.08. The summed E-state index contributed by atoms with van der Waals surface area (Å²) >= 11 is 5.90. The Labute approximate surface area is 82.4 Å². The lowest BCUT2D eigenvalue weighted by molar-refractivity contribution is -0.161. The predicted octanol–water partition coefficient (Wildman–Crippen LogP) is 1.87. The molecule has 0 spiro atoms. The van der Waals surface area contributed by atoms with Crippen molar-refractivity contribution in [1.29, 1.82) is 0 Å². The van der Waals surface area contributed by atoms with Gasteiger partial charge in [0.25, 0.3) is 0 Å². The Kier molecular flexibility index (Phi) is 3.31. The average Bonchev–Trinajstić information content (AvgIpc) is 2.11. The molecule has 0 aromatic rings. The van der Waals surface area contributed by atoms with Crippen molar-refractivity contribution in [2.75, 3.05) is 0 Å². The van der Waals surface area contributed by atoms with E-state index in [0.717, 1.165) is 12.8 Å². The summed E-state index contributed by atoms with van der Waals surface area (Å²) in [6, 6.07) is 0. The predicted molar refractivity (Wildman–Crippen MR) is 48.4 cm³/mol. The number of halogens is 1. The molecule has 74 valence electrons. The Morgan fingerprint density at radius 2 is 2.08 bits per heavy atom. The third-order valence-corrected chi connectivity index (χ3v) is 3.10. The van der Waals surface area contributed by atoms with E-state index < -0.39 is 11.4 Å². The van der Waals surface area contributed by atoms with E-state index in [0.29, 0.717) is 12.8 Å². The zero-order chi connectivity index (χ0) is 9.90. The molecule has 1 saturated carbocycles. The summed E-state index contributed by atoms with van der Waals surface area (Å²) in [6.07, 6.45) is 3.03. The van der Waals surface area contributed by atoms with E-state index in [9.17, 15) is 9.59 Å². The average molecular weight is 205 g/mol. The third-order valence-electron chi connectivity index (χ3n) is 2.67. The first kappa shape index (κ1) is 10.5. The fourth-order valence-electron chi connectivity index (χ4n) is 1.61. The Balaban J connectivity index is 2.55. The van der Waals surface area contributed by atoms with Crippen LogP contribution in [0.1, 0.15) is 32.6 Å². The smallest absolute Gasteiger partial charge is 0.319 e. The minimum Gasteiger partial charge on any atom is -0.395 e. The molecule has 0 atom stereocenters. The number of alkyl halides is 1. The Morgan fingerprint density at radius 1 is 1.54 bits per heavy atom. The van der Waals surface area contributed by atoms with Gasteiger partial charge in [-0.15, -0.1) is 11.6 Å². The molecule has 1 fully saturated rings. The maximum absolute atomic E-state index is 11.3. The molecule has 1 rings (SSSR count). The number of rotatable bonds is 2. The first-order valence-corrected chi connectivity index (χ1v) is 4.81. The summed E-state index contributed by atoms with van der Waals surface area (Å²) in [5.74, 6) is -0.425. The normalized spacial score (nSPS) is 33.8. The molecule has 4 heteroatoms. The zero-order valence-electron chi connectivity index (χ0n) is 7.59. The maximum Gasteiger partial charge on any atom is 0.319 e. The molecule has 0 aromatic carbocycles. The van der Waals surface area contributed by atoms with Crippen LogP contribution in [0.5, 0.6) is 0 Å². The van der Waals surface area contributed by atoms with Crippen molar-refractivity contribution in [3.8, 4) is 0 Å². The van der Waals surface area contributed by atoms with Crippen LogP contribution in [0, 0.1) is 5.41 Å². The van der Waals surface area contributed by atoms with Crippen molar-refractivity contribution >= 4 is 24.0 Å². The zero-order valence-corrected chi connectivity index (χ0v) is 8.34. The lowest BCUT2D eigenvalue weighted by Crippen LogP contribution is -2.34. The van der Waals surface area contributed by atoms with Gasteiger partial charge in [-0.2, -0.15) is 0 Å². The second-order valence-corrected chi connectivity index (χ2v) is 4.35. The van der Waals surface area contributed by atoms with Crippen LogP contribution in [-0.4, -0.2) is 17.8 Å². The second-order valence-electron chi connectivity index (χ2n) is 3.74. The molecular formula is C9H13ClO3. The molecule has 1 aliphatic carbocycles. The van der Waals surface area contributed by atoms with E-state index in [2.05, 4.69) is 4.74 Å². The number of hydrogen-bond donors (Lipinski definition) is 0. The first-order valence-electron chi connectivity index (χ1n) is 4.37. The third kappa shape index (κ3) is 2.44. The molecule has 0 amide bonds. The van der Waals surface area contributed by atoms with Crippen LogP contribution >= 0.6 is 11.6 Å². The molecule has 0 aliphatic heterocycles. The van der Waals surface area contributed by atoms with Crippen LogP contribution in [0.25, 0.3) is 0 Å². The summed E-state index contributed by atoms with van der Waals surface area (Å²) in [5.41, 5.74) is -0.508. The number of ether oxygens (including phenoxy) is 1. The number of esters is 1. The van der Waals surface area contributed by atoms with Gasteiger partial charge < -0.3 is 4.74 Å². The van der Waals surface area contributed by atoms with Crippen molar-refractivity contribution in [3.63, 3.8) is 0 Å². The monoisotopic (exact) mass is 204 g/mol. The van der Waals surface area contributed by atoms with Crippen LogP contribution in [0.4, 0.5) is 0 Å². The topological polar surface area (TPSA) is 43.4 Å². The molecule has 0 unspecified atom stereocenters. The van der Waals surface area contributed by atoms with Crippen LogP contribution in [-0.2, 0) is 14.3 Å². The van der Waals surface area contributed by atoms with Gasteiger partial charge >= 0.3 is 12.4 Å². The molecule has 0 radical (unpaired) electrons. The Hall–Kier alpha value is -0.570. The van der Waals surface area contributed by atoms with Gasteiger partial charge in [0.05, 0.1) is 5.41 Å². The summed E-state index contributed by atoms with van der Waals surface area (Å²) < 4.78 is 4.36. The molecular weight excluding hydrogens is 192 g/mol. The van der Waals surface area contributed by atoms with Crippen molar-refractivity contribution in [3.05, 3.63) is 0 Å². The number of carbonyl (C=O) groups is 2. The van der Waals surface area contributed by atoms with Crippen molar-refractivity contribution in [2.45, 2.75) is 38.0 Å². The van der Waals surface area contributed by atoms with Gasteiger partial charge in [-0.05, 0) is 32.6 Å². The van der Waals surface area contributed by atoms with Gasteiger partial charge in [0.15, 0.2) is 0 Å². The molecule has 0 heterocycles. The summed E-state index contributed by atoms with van der Waals surface area (Å²) in [6.45, 7) is 2.02. The van der Waals surface area contributed by atoms with Gasteiger partial charge in [-0.3, -0.25) is 9.59 Å². The highest BCUT2D eigenvalue weighted by Crippen LogP contribution is 2.38. The van der Waals surface area contributed by atoms with E-state index in [1.807, 2.05) is 6.92 Å². The van der Waals surface area contributed by atoms with E-state index >= 15 is 0 Å². The minimum absolute atomic E-state index is 0.164. The second kappa shape index (κ2) is 4.09. The van der Waals surface area contributed by atoms with E-state index in [1.165, 1.54) is 0 Å². The number of carbonyl (C=O) groups excluding carboxylic acids is 2. The Bertz CT molecular complexity index is 207. The Morgan fingerprint density at radius 3 is 2.54 bits per heavy atom. The van der Waals surface area contributed by atoms with Crippen LogP contribution in [0.2, 0.25) is 0 Å². The lowest BCUT2D eigenvalue weighted by atomic mass is 9.75. The van der Waals surface area contributed by atoms with Crippen LogP contribution < -0.4 is 0 Å². The van der Waals surface area contributed by atoms with E-state index in [1.54, 1.807) is 0 Å². The van der Waals surface area contributed by atoms with Gasteiger partial charge in [0.1, 0.15) is 0 Å². The van der Waals surface area contributed by atoms with Crippen molar-refractivity contribution < 1.29 is 14.3 Å². The highest BCUT2D eigenvalue weighted by atomic mass is 35.5. The van der Waals surface area contributed by atoms with Gasteiger partial charge in [-0.1, -0.05) is 0 Å². The maximum atomic E-state index is 11.3. The van der Waals surface area contributed by atoms with Gasteiger partial charge in [0, 0.05) is 5.38 Å². The molecule has 0 N–H and O–H groups in total. The largest absolute Gasteiger partial charge is 0.395 e. The minimum atomic E-state index is -0.508. The SMILES string of the molecule is CC1(C(=O)OC=O)CCC(Cl)CC1. The van der Waals surface area contributed by atoms with Gasteiger partial charge in [0.2, 0.25) is 0 Å². The van der Waals surface area contributed by atoms with Crippen LogP contribution in [0.3, 0.4) is 0 Å². The van der Waals surface area contributed by atoms with E-state index in [4.69, 9.17) is 11.6 Å².